The minimum absolute atomic E-state index is 0. The maximum absolute atomic E-state index is 4.66. The van der Waals surface area contributed by atoms with Gasteiger partial charge in [0.25, 0.3) is 0 Å². The zero-order valence-electron chi connectivity index (χ0n) is 29.6. The largest absolute Gasteiger partial charge is 0.305 e. The first-order valence-corrected chi connectivity index (χ1v) is 16.9. The molecule has 0 saturated carbocycles. The summed E-state index contributed by atoms with van der Waals surface area (Å²) in [7, 11) is 0. The molecule has 0 saturated heterocycles. The molecule has 47 heavy (non-hydrogen) atoms. The van der Waals surface area contributed by atoms with Crippen molar-refractivity contribution >= 4 is 6.08 Å². The number of nitrogens with zero attached hydrogens (tertiary/aromatic N) is 2. The van der Waals surface area contributed by atoms with Crippen molar-refractivity contribution in [1.29, 1.82) is 0 Å². The Labute approximate surface area is 297 Å². The molecular weight excluding hydrogens is 749 g/mol. The number of benzene rings is 2. The maximum atomic E-state index is 4.66. The van der Waals surface area contributed by atoms with Crippen molar-refractivity contribution in [2.75, 3.05) is 0 Å². The Balaban J connectivity index is 0.000000216. The normalized spacial score (nSPS) is 16.8. The van der Waals surface area contributed by atoms with Gasteiger partial charge in [0.1, 0.15) is 0 Å². The van der Waals surface area contributed by atoms with E-state index in [-0.39, 0.29) is 36.4 Å². The quantitative estimate of drug-likeness (QED) is 0.188. The van der Waals surface area contributed by atoms with E-state index in [1.807, 2.05) is 18.5 Å². The number of aromatic nitrogens is 2. The minimum atomic E-state index is 0. The Morgan fingerprint density at radius 1 is 0.660 bits per heavy atom. The Hall–Kier alpha value is -3.39. The molecule has 2 aromatic heterocycles. The first kappa shape index (κ1) is 36.4. The SMILES string of the molecule is CC(C)(C)c1cc[c-]c(-c2cc(C(C)(C)C)ccn2)c1.CCC(C)(CC)c1ccnc(-c2[c-]cc3c(c2)C2C=CC=CC2C=C3)c1.[Ir]. The van der Waals surface area contributed by atoms with E-state index in [1.54, 1.807) is 0 Å². The fourth-order valence-corrected chi connectivity index (χ4v) is 6.17. The van der Waals surface area contributed by atoms with Crippen LogP contribution in [0.1, 0.15) is 109 Å². The van der Waals surface area contributed by atoms with E-state index in [0.717, 1.165) is 35.4 Å². The Morgan fingerprint density at radius 3 is 1.87 bits per heavy atom. The fourth-order valence-electron chi connectivity index (χ4n) is 6.17. The number of allylic oxidation sites excluding steroid dienone is 5. The van der Waals surface area contributed by atoms with E-state index in [4.69, 9.17) is 0 Å². The molecule has 0 spiro atoms. The predicted molar refractivity (Wildman–Crippen MR) is 196 cm³/mol. The first-order chi connectivity index (χ1) is 21.8. The minimum Gasteiger partial charge on any atom is -0.305 e. The number of rotatable bonds is 5. The van der Waals surface area contributed by atoms with Crippen LogP contribution >= 0.6 is 0 Å². The number of hydrogen-bond acceptors (Lipinski definition) is 2. The van der Waals surface area contributed by atoms with Crippen LogP contribution in [0, 0.1) is 18.1 Å². The van der Waals surface area contributed by atoms with Gasteiger partial charge in [-0.25, -0.2) is 0 Å². The van der Waals surface area contributed by atoms with E-state index in [0.29, 0.717) is 11.8 Å². The fraction of sp³-hybridized carbons (Fsp3) is 0.364. The second kappa shape index (κ2) is 14.8. The van der Waals surface area contributed by atoms with Crippen LogP contribution in [-0.4, -0.2) is 9.97 Å². The molecule has 3 heteroatoms. The Bertz CT molecular complexity index is 1700. The second-order valence-electron chi connectivity index (χ2n) is 15.1. The van der Waals surface area contributed by atoms with Crippen molar-refractivity contribution in [3.63, 3.8) is 0 Å². The number of pyridine rings is 2. The molecule has 0 bridgehead atoms. The molecule has 247 valence electrons. The van der Waals surface area contributed by atoms with E-state index in [2.05, 4.69) is 169 Å². The van der Waals surface area contributed by atoms with Gasteiger partial charge in [-0.15, -0.1) is 76.4 Å². The van der Waals surface area contributed by atoms with Gasteiger partial charge in [-0.1, -0.05) is 105 Å². The molecule has 2 aromatic carbocycles. The molecule has 2 unspecified atom stereocenters. The van der Waals surface area contributed by atoms with Crippen molar-refractivity contribution in [2.45, 2.75) is 97.3 Å². The Kier molecular flexibility index (Phi) is 11.5. The summed E-state index contributed by atoms with van der Waals surface area (Å²) in [6, 6.07) is 26.2. The van der Waals surface area contributed by atoms with Gasteiger partial charge in [-0.3, -0.25) is 0 Å². The van der Waals surface area contributed by atoms with Crippen LogP contribution in [0.3, 0.4) is 0 Å². The molecule has 0 aliphatic heterocycles. The standard InChI is InChI=1S/C25H26N.C19H24N.Ir/c1-4-25(3,5-2)21-14-15-26-24(17-21)20-13-12-19-11-10-18-8-6-7-9-22(18)23(19)16-20;1-18(2,3)15-9-7-8-14(12-15)17-13-16(10-11-20-17)19(4,5)6;/h6-12,14-18,22H,4-5H2,1-3H3;7,9-13H,1-6H3;/q2*-1;. The average molecular weight is 799 g/mol. The maximum Gasteiger partial charge on any atom is 0.0163 e. The van der Waals surface area contributed by atoms with E-state index in [1.165, 1.54) is 27.8 Å². The van der Waals surface area contributed by atoms with Crippen LogP contribution < -0.4 is 0 Å². The summed E-state index contributed by atoms with van der Waals surface area (Å²) in [6.07, 6.45) is 19.5. The summed E-state index contributed by atoms with van der Waals surface area (Å²) in [6.45, 7) is 20.2. The number of hydrogen-bond donors (Lipinski definition) is 0. The van der Waals surface area contributed by atoms with E-state index in [9.17, 15) is 0 Å². The molecule has 6 rings (SSSR count). The first-order valence-electron chi connectivity index (χ1n) is 16.9. The third-order valence-corrected chi connectivity index (χ3v) is 9.91. The van der Waals surface area contributed by atoms with Gasteiger partial charge in [0.05, 0.1) is 0 Å². The zero-order chi connectivity index (χ0) is 33.1. The Morgan fingerprint density at radius 2 is 1.23 bits per heavy atom. The van der Waals surface area contributed by atoms with E-state index >= 15 is 0 Å². The summed E-state index contributed by atoms with van der Waals surface area (Å²) in [5.41, 5.74) is 11.3. The van der Waals surface area contributed by atoms with Crippen molar-refractivity contribution in [3.8, 4) is 22.5 Å². The molecule has 0 fully saturated rings. The molecule has 2 nitrogen and oxygen atoms in total. The summed E-state index contributed by atoms with van der Waals surface area (Å²) in [5, 5.41) is 0. The third-order valence-electron chi connectivity index (χ3n) is 9.91. The summed E-state index contributed by atoms with van der Waals surface area (Å²) in [5.74, 6) is 0.888. The molecular formula is C44H50IrN2-2. The van der Waals surface area contributed by atoms with E-state index < -0.39 is 0 Å². The van der Waals surface area contributed by atoms with Gasteiger partial charge in [0.15, 0.2) is 0 Å². The van der Waals surface area contributed by atoms with Crippen molar-refractivity contribution in [3.05, 3.63) is 137 Å². The molecule has 2 atom stereocenters. The van der Waals surface area contributed by atoms with Gasteiger partial charge >= 0.3 is 0 Å². The predicted octanol–water partition coefficient (Wildman–Crippen LogP) is 11.6. The summed E-state index contributed by atoms with van der Waals surface area (Å²) < 4.78 is 0. The molecule has 2 aliphatic rings. The molecule has 4 aromatic rings. The summed E-state index contributed by atoms with van der Waals surface area (Å²) >= 11 is 0. The average Bonchev–Trinajstić information content (AvgIpc) is 3.07. The van der Waals surface area contributed by atoms with Gasteiger partial charge in [-0.05, 0) is 69.7 Å². The van der Waals surface area contributed by atoms with Crippen molar-refractivity contribution in [1.82, 2.24) is 9.97 Å². The summed E-state index contributed by atoms with van der Waals surface area (Å²) in [4.78, 5) is 9.18. The van der Waals surface area contributed by atoms with Crippen molar-refractivity contribution < 1.29 is 20.1 Å². The van der Waals surface area contributed by atoms with Gasteiger partial charge in [-0.2, -0.15) is 0 Å². The number of fused-ring (bicyclic) bond motifs is 3. The monoisotopic (exact) mass is 799 g/mol. The molecule has 2 heterocycles. The molecule has 0 N–H and O–H groups in total. The van der Waals surface area contributed by atoms with Crippen LogP contribution in [-0.2, 0) is 36.4 Å². The van der Waals surface area contributed by atoms with Crippen LogP contribution in [0.15, 0.2) is 97.4 Å². The topological polar surface area (TPSA) is 25.8 Å². The van der Waals surface area contributed by atoms with Gasteiger partial charge in [0, 0.05) is 38.4 Å². The molecule has 2 aliphatic carbocycles. The van der Waals surface area contributed by atoms with Crippen LogP contribution in [0.5, 0.6) is 0 Å². The zero-order valence-corrected chi connectivity index (χ0v) is 32.0. The van der Waals surface area contributed by atoms with Gasteiger partial charge < -0.3 is 9.97 Å². The van der Waals surface area contributed by atoms with Gasteiger partial charge in [0.2, 0.25) is 0 Å². The smallest absolute Gasteiger partial charge is 0.0163 e. The van der Waals surface area contributed by atoms with Crippen molar-refractivity contribution in [2.24, 2.45) is 5.92 Å². The van der Waals surface area contributed by atoms with Crippen LogP contribution in [0.4, 0.5) is 0 Å². The molecule has 0 amide bonds. The third kappa shape index (κ3) is 8.37. The molecule has 1 radical (unpaired) electrons. The van der Waals surface area contributed by atoms with Crippen LogP contribution in [0.25, 0.3) is 28.6 Å². The second-order valence-corrected chi connectivity index (χ2v) is 15.1. The van der Waals surface area contributed by atoms with Crippen LogP contribution in [0.2, 0.25) is 0 Å².